The first-order chi connectivity index (χ1) is 13.0. The van der Waals surface area contributed by atoms with Gasteiger partial charge in [-0.2, -0.15) is 0 Å². The predicted octanol–water partition coefficient (Wildman–Crippen LogP) is 5.01. The van der Waals surface area contributed by atoms with Crippen LogP contribution in [0.2, 0.25) is 0 Å². The monoisotopic (exact) mass is 361 g/mol. The minimum atomic E-state index is -0.247. The van der Waals surface area contributed by atoms with Crippen LogP contribution in [-0.2, 0) is 0 Å². The van der Waals surface area contributed by atoms with Gasteiger partial charge in [-0.3, -0.25) is 9.78 Å². The predicted molar refractivity (Wildman–Crippen MR) is 109 cm³/mol. The fraction of sp³-hybridized carbons (Fsp3) is 0.182. The number of nitrogens with one attached hydrogen (secondary N) is 2. The first kappa shape index (κ1) is 18.5. The summed E-state index contributed by atoms with van der Waals surface area (Å²) < 4.78 is 5.40. The maximum absolute atomic E-state index is 12.6. The van der Waals surface area contributed by atoms with Crippen LogP contribution in [0, 0.1) is 20.8 Å². The van der Waals surface area contributed by atoms with E-state index in [-0.39, 0.29) is 5.91 Å². The molecule has 2 N–H and O–H groups in total. The summed E-state index contributed by atoms with van der Waals surface area (Å²) in [5.74, 6) is 0.488. The van der Waals surface area contributed by atoms with Crippen LogP contribution in [0.5, 0.6) is 5.75 Å². The number of rotatable bonds is 5. The Bertz CT molecular complexity index is 983. The first-order valence-corrected chi connectivity index (χ1v) is 8.72. The van der Waals surface area contributed by atoms with Gasteiger partial charge in [0.15, 0.2) is 0 Å². The molecule has 2 aromatic carbocycles. The molecule has 3 aromatic rings. The molecule has 1 heterocycles. The second-order valence-corrected chi connectivity index (χ2v) is 6.53. The van der Waals surface area contributed by atoms with Gasteiger partial charge in [-0.25, -0.2) is 0 Å². The maximum atomic E-state index is 12.6. The van der Waals surface area contributed by atoms with Gasteiger partial charge in [0, 0.05) is 17.6 Å². The third-order valence-electron chi connectivity index (χ3n) is 4.27. The second kappa shape index (κ2) is 7.91. The Kier molecular flexibility index (Phi) is 5.41. The van der Waals surface area contributed by atoms with Crippen molar-refractivity contribution in [2.24, 2.45) is 0 Å². The highest BCUT2D eigenvalue weighted by molar-refractivity contribution is 6.03. The molecule has 0 aliphatic heterocycles. The number of benzene rings is 2. The summed E-state index contributed by atoms with van der Waals surface area (Å²) in [6, 6.07) is 15.4. The zero-order chi connectivity index (χ0) is 19.4. The van der Waals surface area contributed by atoms with Crippen molar-refractivity contribution in [1.29, 1.82) is 0 Å². The molecule has 0 bridgehead atoms. The lowest BCUT2D eigenvalue weighted by Gasteiger charge is -2.13. The van der Waals surface area contributed by atoms with Gasteiger partial charge >= 0.3 is 0 Å². The summed E-state index contributed by atoms with van der Waals surface area (Å²) in [5.41, 5.74) is 5.94. The maximum Gasteiger partial charge on any atom is 0.274 e. The molecule has 138 valence electrons. The molecule has 0 unspecified atom stereocenters. The van der Waals surface area contributed by atoms with Crippen molar-refractivity contribution in [3.05, 3.63) is 77.1 Å². The molecule has 0 fully saturated rings. The quantitative estimate of drug-likeness (QED) is 0.670. The Balaban J connectivity index is 1.82. The normalized spacial score (nSPS) is 10.4. The van der Waals surface area contributed by atoms with Crippen molar-refractivity contribution in [2.45, 2.75) is 20.8 Å². The van der Waals surface area contributed by atoms with Crippen molar-refractivity contribution in [1.82, 2.24) is 4.98 Å². The first-order valence-electron chi connectivity index (χ1n) is 8.72. The molecular formula is C22H23N3O2. The van der Waals surface area contributed by atoms with Gasteiger partial charge in [-0.05, 0) is 67.8 Å². The average molecular weight is 361 g/mol. The molecule has 0 spiro atoms. The van der Waals surface area contributed by atoms with Gasteiger partial charge in [0.2, 0.25) is 0 Å². The number of carbonyl (C=O) groups excluding carboxylic acids is 1. The third-order valence-corrected chi connectivity index (χ3v) is 4.27. The molecule has 0 atom stereocenters. The van der Waals surface area contributed by atoms with E-state index in [9.17, 15) is 4.79 Å². The number of aryl methyl sites for hydroxylation is 3. The average Bonchev–Trinajstić information content (AvgIpc) is 2.65. The summed E-state index contributed by atoms with van der Waals surface area (Å²) in [6.45, 7) is 5.97. The van der Waals surface area contributed by atoms with E-state index in [0.29, 0.717) is 5.69 Å². The highest BCUT2D eigenvalue weighted by atomic mass is 16.5. The molecule has 1 amide bonds. The molecule has 0 saturated carbocycles. The number of aromatic nitrogens is 1. The zero-order valence-corrected chi connectivity index (χ0v) is 16.0. The van der Waals surface area contributed by atoms with E-state index >= 15 is 0 Å². The Morgan fingerprint density at radius 2 is 1.63 bits per heavy atom. The third kappa shape index (κ3) is 4.44. The van der Waals surface area contributed by atoms with Crippen LogP contribution in [0.25, 0.3) is 0 Å². The Labute approximate surface area is 159 Å². The molecule has 0 aliphatic carbocycles. The number of hydrogen-bond acceptors (Lipinski definition) is 4. The standard InChI is InChI=1S/C22H23N3O2/c1-14-5-7-16(3)18(11-14)25-22(26)20-13-17(9-10-23-20)24-19-12-15(2)6-8-21(19)27-4/h5-13H,1-4H3,(H,23,24)(H,25,26). The summed E-state index contributed by atoms with van der Waals surface area (Å²) >= 11 is 0. The molecule has 0 saturated heterocycles. The molecule has 27 heavy (non-hydrogen) atoms. The van der Waals surface area contributed by atoms with Crippen molar-refractivity contribution < 1.29 is 9.53 Å². The Morgan fingerprint density at radius 1 is 0.926 bits per heavy atom. The van der Waals surface area contributed by atoms with E-state index in [1.165, 1.54) is 0 Å². The molecule has 5 heteroatoms. The van der Waals surface area contributed by atoms with Crippen LogP contribution in [0.4, 0.5) is 17.1 Å². The summed E-state index contributed by atoms with van der Waals surface area (Å²) in [7, 11) is 1.63. The Morgan fingerprint density at radius 3 is 2.37 bits per heavy atom. The van der Waals surface area contributed by atoms with E-state index in [2.05, 4.69) is 15.6 Å². The van der Waals surface area contributed by atoms with Gasteiger partial charge < -0.3 is 15.4 Å². The van der Waals surface area contributed by atoms with Crippen molar-refractivity contribution in [3.63, 3.8) is 0 Å². The highest BCUT2D eigenvalue weighted by Crippen LogP contribution is 2.28. The molecular weight excluding hydrogens is 338 g/mol. The van der Waals surface area contributed by atoms with Gasteiger partial charge in [0.25, 0.3) is 5.91 Å². The highest BCUT2D eigenvalue weighted by Gasteiger charge is 2.11. The lowest BCUT2D eigenvalue weighted by atomic mass is 10.1. The van der Waals surface area contributed by atoms with Crippen LogP contribution in [-0.4, -0.2) is 18.0 Å². The van der Waals surface area contributed by atoms with E-state index < -0.39 is 0 Å². The second-order valence-electron chi connectivity index (χ2n) is 6.53. The lowest BCUT2D eigenvalue weighted by molar-refractivity contribution is 0.102. The fourth-order valence-electron chi connectivity index (χ4n) is 2.76. The van der Waals surface area contributed by atoms with Gasteiger partial charge in [0.05, 0.1) is 12.8 Å². The van der Waals surface area contributed by atoms with Crippen molar-refractivity contribution in [2.75, 3.05) is 17.7 Å². The van der Waals surface area contributed by atoms with Crippen LogP contribution < -0.4 is 15.4 Å². The van der Waals surface area contributed by atoms with Crippen LogP contribution in [0.15, 0.2) is 54.7 Å². The number of hydrogen-bond donors (Lipinski definition) is 2. The van der Waals surface area contributed by atoms with Gasteiger partial charge in [0.1, 0.15) is 11.4 Å². The topological polar surface area (TPSA) is 63.2 Å². The minimum Gasteiger partial charge on any atom is -0.495 e. The molecule has 3 rings (SSSR count). The van der Waals surface area contributed by atoms with E-state index in [1.54, 1.807) is 19.4 Å². The minimum absolute atomic E-state index is 0.247. The SMILES string of the molecule is COc1ccc(C)cc1Nc1ccnc(C(=O)Nc2cc(C)ccc2C)c1. The molecule has 0 radical (unpaired) electrons. The zero-order valence-electron chi connectivity index (χ0n) is 16.0. The molecule has 0 aliphatic rings. The molecule has 5 nitrogen and oxygen atoms in total. The van der Waals surface area contributed by atoms with E-state index in [1.807, 2.05) is 63.2 Å². The van der Waals surface area contributed by atoms with E-state index in [4.69, 9.17) is 4.74 Å². The summed E-state index contributed by atoms with van der Waals surface area (Å²) in [5, 5.41) is 6.24. The number of anilines is 3. The van der Waals surface area contributed by atoms with Crippen LogP contribution in [0.3, 0.4) is 0 Å². The lowest BCUT2D eigenvalue weighted by Crippen LogP contribution is -2.14. The number of nitrogens with zero attached hydrogens (tertiary/aromatic N) is 1. The Hall–Kier alpha value is -3.34. The van der Waals surface area contributed by atoms with Gasteiger partial charge in [-0.15, -0.1) is 0 Å². The number of methoxy groups -OCH3 is 1. The van der Waals surface area contributed by atoms with Crippen molar-refractivity contribution >= 4 is 23.0 Å². The summed E-state index contributed by atoms with van der Waals surface area (Å²) in [4.78, 5) is 16.8. The smallest absolute Gasteiger partial charge is 0.274 e. The number of carbonyl (C=O) groups is 1. The molecule has 1 aromatic heterocycles. The number of pyridine rings is 1. The van der Waals surface area contributed by atoms with E-state index in [0.717, 1.165) is 39.5 Å². The fourth-order valence-corrected chi connectivity index (χ4v) is 2.76. The van der Waals surface area contributed by atoms with Crippen LogP contribution >= 0.6 is 0 Å². The number of amides is 1. The summed E-state index contributed by atoms with van der Waals surface area (Å²) in [6.07, 6.45) is 1.61. The largest absolute Gasteiger partial charge is 0.495 e. The van der Waals surface area contributed by atoms with Crippen LogP contribution in [0.1, 0.15) is 27.2 Å². The number of ether oxygens (including phenoxy) is 1. The van der Waals surface area contributed by atoms with Gasteiger partial charge in [-0.1, -0.05) is 18.2 Å². The van der Waals surface area contributed by atoms with Crippen molar-refractivity contribution in [3.8, 4) is 5.75 Å².